The van der Waals surface area contributed by atoms with Crippen LogP contribution in [0.4, 0.5) is 0 Å². The van der Waals surface area contributed by atoms with Crippen LogP contribution in [0.5, 0.6) is 5.75 Å². The van der Waals surface area contributed by atoms with Crippen LogP contribution in [0.2, 0.25) is 0 Å². The Morgan fingerprint density at radius 2 is 2.05 bits per heavy atom. The Hall–Kier alpha value is -1.55. The van der Waals surface area contributed by atoms with Crippen molar-refractivity contribution >= 4 is 11.0 Å². The summed E-state index contributed by atoms with van der Waals surface area (Å²) in [5.74, 6) is 2.17. The average molecular weight is 275 g/mol. The molecule has 0 radical (unpaired) electrons. The molecule has 0 bridgehead atoms. The highest BCUT2D eigenvalue weighted by Crippen LogP contribution is 2.32. The monoisotopic (exact) mass is 275 g/mol. The average Bonchev–Trinajstić information content (AvgIpc) is 2.71. The van der Waals surface area contributed by atoms with Gasteiger partial charge in [-0.3, -0.25) is 0 Å². The molecule has 2 N–H and O–H groups in total. The van der Waals surface area contributed by atoms with Crippen LogP contribution in [-0.2, 0) is 7.05 Å². The predicted octanol–water partition coefficient (Wildman–Crippen LogP) is 3.06. The van der Waals surface area contributed by atoms with Gasteiger partial charge in [-0.05, 0) is 24.0 Å². The SMILES string of the molecule is COc1ccc2c(c1)nc(C(CN)CC(C)(C)C)n2C. The highest BCUT2D eigenvalue weighted by atomic mass is 16.5. The molecule has 4 heteroatoms. The van der Waals surface area contributed by atoms with E-state index in [1.165, 1.54) is 0 Å². The van der Waals surface area contributed by atoms with Gasteiger partial charge in [-0.15, -0.1) is 0 Å². The molecule has 4 nitrogen and oxygen atoms in total. The van der Waals surface area contributed by atoms with E-state index in [1.54, 1.807) is 7.11 Å². The van der Waals surface area contributed by atoms with E-state index in [4.69, 9.17) is 15.5 Å². The normalized spacial score (nSPS) is 13.7. The zero-order valence-electron chi connectivity index (χ0n) is 13.1. The summed E-state index contributed by atoms with van der Waals surface area (Å²) in [6.45, 7) is 7.33. The van der Waals surface area contributed by atoms with E-state index in [1.807, 2.05) is 12.1 Å². The zero-order valence-corrected chi connectivity index (χ0v) is 13.1. The molecule has 0 aliphatic heterocycles. The molecule has 110 valence electrons. The fourth-order valence-corrected chi connectivity index (χ4v) is 2.71. The van der Waals surface area contributed by atoms with E-state index in [9.17, 15) is 0 Å². The van der Waals surface area contributed by atoms with E-state index in [0.717, 1.165) is 29.0 Å². The maximum atomic E-state index is 5.98. The summed E-state index contributed by atoms with van der Waals surface area (Å²) in [6.07, 6.45) is 1.03. The van der Waals surface area contributed by atoms with Crippen LogP contribution in [0.3, 0.4) is 0 Å². The van der Waals surface area contributed by atoms with Crippen molar-refractivity contribution in [2.75, 3.05) is 13.7 Å². The zero-order chi connectivity index (χ0) is 14.9. The van der Waals surface area contributed by atoms with Gasteiger partial charge >= 0.3 is 0 Å². The van der Waals surface area contributed by atoms with Crippen LogP contribution < -0.4 is 10.5 Å². The van der Waals surface area contributed by atoms with Gasteiger partial charge < -0.3 is 15.0 Å². The van der Waals surface area contributed by atoms with Gasteiger partial charge in [0.05, 0.1) is 18.1 Å². The van der Waals surface area contributed by atoms with Gasteiger partial charge in [-0.2, -0.15) is 0 Å². The van der Waals surface area contributed by atoms with Gasteiger partial charge in [0.25, 0.3) is 0 Å². The molecule has 0 aliphatic rings. The number of ether oxygens (including phenoxy) is 1. The van der Waals surface area contributed by atoms with Crippen LogP contribution >= 0.6 is 0 Å². The van der Waals surface area contributed by atoms with Crippen molar-refractivity contribution in [2.45, 2.75) is 33.1 Å². The molecule has 0 saturated carbocycles. The number of aromatic nitrogens is 2. The van der Waals surface area contributed by atoms with Crippen molar-refractivity contribution in [3.63, 3.8) is 0 Å². The van der Waals surface area contributed by atoms with Gasteiger partial charge in [0.1, 0.15) is 11.6 Å². The summed E-state index contributed by atoms with van der Waals surface area (Å²) < 4.78 is 7.42. The molecule has 1 aromatic heterocycles. The van der Waals surface area contributed by atoms with E-state index in [-0.39, 0.29) is 11.3 Å². The number of fused-ring (bicyclic) bond motifs is 1. The van der Waals surface area contributed by atoms with Crippen molar-refractivity contribution in [3.8, 4) is 5.75 Å². The van der Waals surface area contributed by atoms with E-state index < -0.39 is 0 Å². The van der Waals surface area contributed by atoms with Crippen molar-refractivity contribution in [1.29, 1.82) is 0 Å². The molecular formula is C16H25N3O. The summed E-state index contributed by atoms with van der Waals surface area (Å²) in [7, 11) is 3.73. The minimum Gasteiger partial charge on any atom is -0.497 e. The Balaban J connectivity index is 2.45. The van der Waals surface area contributed by atoms with Crippen LogP contribution in [0, 0.1) is 5.41 Å². The van der Waals surface area contributed by atoms with Gasteiger partial charge in [0.15, 0.2) is 0 Å². The third-order valence-corrected chi connectivity index (χ3v) is 3.63. The van der Waals surface area contributed by atoms with Gasteiger partial charge in [0.2, 0.25) is 0 Å². The summed E-state index contributed by atoms with van der Waals surface area (Å²) in [5, 5.41) is 0. The van der Waals surface area contributed by atoms with Crippen LogP contribution in [0.25, 0.3) is 11.0 Å². The number of benzene rings is 1. The highest BCUT2D eigenvalue weighted by Gasteiger charge is 2.23. The number of hydrogen-bond donors (Lipinski definition) is 1. The molecule has 2 rings (SSSR count). The van der Waals surface area contributed by atoms with Crippen molar-refractivity contribution in [3.05, 3.63) is 24.0 Å². The quantitative estimate of drug-likeness (QED) is 0.933. The van der Waals surface area contributed by atoms with Crippen molar-refractivity contribution in [2.24, 2.45) is 18.2 Å². The van der Waals surface area contributed by atoms with Gasteiger partial charge in [-0.1, -0.05) is 20.8 Å². The number of nitrogens with zero attached hydrogens (tertiary/aromatic N) is 2. The molecule has 1 unspecified atom stereocenters. The van der Waals surface area contributed by atoms with Gasteiger partial charge in [0, 0.05) is 25.6 Å². The Kier molecular flexibility index (Phi) is 4.04. The number of nitrogens with two attached hydrogens (primary N) is 1. The van der Waals surface area contributed by atoms with Crippen LogP contribution in [-0.4, -0.2) is 23.2 Å². The summed E-state index contributed by atoms with van der Waals surface area (Å²) in [6, 6.07) is 5.99. The van der Waals surface area contributed by atoms with Crippen LogP contribution in [0.1, 0.15) is 38.9 Å². The third kappa shape index (κ3) is 2.96. The summed E-state index contributed by atoms with van der Waals surface area (Å²) >= 11 is 0. The fourth-order valence-electron chi connectivity index (χ4n) is 2.71. The first-order valence-electron chi connectivity index (χ1n) is 7.06. The summed E-state index contributed by atoms with van der Waals surface area (Å²) in [5.41, 5.74) is 8.30. The molecule has 1 heterocycles. The second-order valence-electron chi connectivity index (χ2n) is 6.58. The van der Waals surface area contributed by atoms with Crippen molar-refractivity contribution < 1.29 is 4.74 Å². The Labute approximate surface area is 120 Å². The second kappa shape index (κ2) is 5.44. The summed E-state index contributed by atoms with van der Waals surface area (Å²) in [4.78, 5) is 4.78. The Bertz CT molecular complexity index is 596. The fraction of sp³-hybridized carbons (Fsp3) is 0.562. The highest BCUT2D eigenvalue weighted by molar-refractivity contribution is 5.77. The molecule has 0 saturated heterocycles. The smallest absolute Gasteiger partial charge is 0.121 e. The number of imidazole rings is 1. The number of aryl methyl sites for hydroxylation is 1. The topological polar surface area (TPSA) is 53.1 Å². The van der Waals surface area contributed by atoms with E-state index >= 15 is 0 Å². The molecule has 2 aromatic rings. The minimum atomic E-state index is 0.236. The second-order valence-corrected chi connectivity index (χ2v) is 6.58. The molecule has 0 amide bonds. The Morgan fingerprint density at radius 1 is 1.35 bits per heavy atom. The first-order chi connectivity index (χ1) is 9.35. The standard InChI is InChI=1S/C16H25N3O/c1-16(2,3)9-11(10-17)15-18-13-8-12(20-5)6-7-14(13)19(15)4/h6-8,11H,9-10,17H2,1-5H3. The minimum absolute atomic E-state index is 0.236. The number of hydrogen-bond acceptors (Lipinski definition) is 3. The largest absolute Gasteiger partial charge is 0.497 e. The first kappa shape index (κ1) is 14.9. The lowest BCUT2D eigenvalue weighted by atomic mass is 9.84. The number of rotatable bonds is 4. The lowest BCUT2D eigenvalue weighted by molar-refractivity contribution is 0.333. The molecule has 0 aliphatic carbocycles. The first-order valence-corrected chi connectivity index (χ1v) is 7.06. The van der Waals surface area contributed by atoms with Crippen LogP contribution in [0.15, 0.2) is 18.2 Å². The third-order valence-electron chi connectivity index (χ3n) is 3.63. The van der Waals surface area contributed by atoms with Gasteiger partial charge in [-0.25, -0.2) is 4.98 Å². The Morgan fingerprint density at radius 3 is 2.60 bits per heavy atom. The maximum Gasteiger partial charge on any atom is 0.121 e. The van der Waals surface area contributed by atoms with Crippen molar-refractivity contribution in [1.82, 2.24) is 9.55 Å². The molecule has 20 heavy (non-hydrogen) atoms. The molecule has 0 fully saturated rings. The van der Waals surface area contributed by atoms with E-state index in [0.29, 0.717) is 6.54 Å². The predicted molar refractivity (Wildman–Crippen MR) is 83.1 cm³/mol. The molecular weight excluding hydrogens is 250 g/mol. The molecule has 1 atom stereocenters. The maximum absolute atomic E-state index is 5.98. The molecule has 0 spiro atoms. The lowest BCUT2D eigenvalue weighted by Crippen LogP contribution is -2.22. The molecule has 1 aromatic carbocycles. The lowest BCUT2D eigenvalue weighted by Gasteiger charge is -2.24. The van der Waals surface area contributed by atoms with E-state index in [2.05, 4.69) is 38.5 Å². The number of methoxy groups -OCH3 is 1.